The molecule has 2 aliphatic carbocycles. The summed E-state index contributed by atoms with van der Waals surface area (Å²) in [6.45, 7) is 3.07. The van der Waals surface area contributed by atoms with Gasteiger partial charge in [0.2, 0.25) is 5.79 Å². The summed E-state index contributed by atoms with van der Waals surface area (Å²) in [6.07, 6.45) is 7.54. The van der Waals surface area contributed by atoms with Crippen LogP contribution in [-0.4, -0.2) is 73.6 Å². The van der Waals surface area contributed by atoms with E-state index in [0.29, 0.717) is 37.3 Å². The van der Waals surface area contributed by atoms with E-state index >= 15 is 0 Å². The second-order valence-corrected chi connectivity index (χ2v) is 15.2. The number of phenolic OH excluding ortho intramolecular Hbond substituents is 1. The third-order valence-corrected chi connectivity index (χ3v) is 11.6. The summed E-state index contributed by atoms with van der Waals surface area (Å²) in [5.74, 6) is -2.15. The zero-order valence-corrected chi connectivity index (χ0v) is 31.6. The van der Waals surface area contributed by atoms with E-state index in [1.165, 1.54) is 0 Å². The first-order chi connectivity index (χ1) is 26.8. The van der Waals surface area contributed by atoms with E-state index < -0.39 is 17.7 Å². The number of urea groups is 1. The highest BCUT2D eigenvalue weighted by atomic mass is 16.6. The molecule has 3 aliphatic rings. The van der Waals surface area contributed by atoms with Crippen LogP contribution in [0.5, 0.6) is 11.5 Å². The van der Waals surface area contributed by atoms with Crippen molar-refractivity contribution >= 4 is 22.6 Å². The molecule has 2 heterocycles. The van der Waals surface area contributed by atoms with E-state index in [1.54, 1.807) is 23.1 Å². The third-order valence-electron chi connectivity index (χ3n) is 11.6. The van der Waals surface area contributed by atoms with Crippen LogP contribution in [0.3, 0.4) is 0 Å². The average molecular weight is 751 g/mol. The highest BCUT2D eigenvalue weighted by Crippen LogP contribution is 2.60. The van der Waals surface area contributed by atoms with Crippen molar-refractivity contribution in [1.82, 2.24) is 15.2 Å². The molecule has 0 unspecified atom stereocenters. The lowest BCUT2D eigenvalue weighted by molar-refractivity contribution is -0.228. The van der Waals surface area contributed by atoms with Crippen molar-refractivity contribution in [2.24, 2.45) is 22.9 Å². The fourth-order valence-corrected chi connectivity index (χ4v) is 9.18. The Morgan fingerprint density at radius 3 is 2.53 bits per heavy atom. The van der Waals surface area contributed by atoms with Gasteiger partial charge in [-0.2, -0.15) is 0 Å². The number of nitrogens with zero attached hydrogens (tertiary/aromatic N) is 2. The molecule has 6 atom stereocenters. The Labute approximate surface area is 322 Å². The van der Waals surface area contributed by atoms with Crippen LogP contribution in [0, 0.1) is 17.8 Å². The minimum atomic E-state index is -1.85. The molecule has 0 radical (unpaired) electrons. The Morgan fingerprint density at radius 1 is 1.00 bits per heavy atom. The zero-order valence-electron chi connectivity index (χ0n) is 31.6. The number of amides is 2. The Balaban J connectivity index is 1.31. The molecule has 6 N–H and O–H groups in total. The fraction of sp³-hybridized carbons (Fsp3) is 0.455. The lowest BCUT2D eigenvalue weighted by atomic mass is 9.55. The molecule has 11 nitrogen and oxygen atoms in total. The molecule has 0 saturated heterocycles. The SMILES string of the molecule is CCCN(C(=O)NCc1cc2ccccc2[nH]1)[C@H]1CC(=NOCc2ccccc2)C2=C[C@H](CCCCO)[C@@H](CCCCO)[C@@H]3c4cc(O)ccc4O[C@@]1(O)[C@H]23. The number of fused-ring (bicyclic) bond motifs is 3. The zero-order chi connectivity index (χ0) is 38.4. The first kappa shape index (κ1) is 38.4. The maximum atomic E-state index is 14.4. The molecule has 0 bridgehead atoms. The van der Waals surface area contributed by atoms with Gasteiger partial charge in [-0.05, 0) is 90.8 Å². The number of aromatic nitrogens is 1. The third kappa shape index (κ3) is 8.10. The highest BCUT2D eigenvalue weighted by Gasteiger charge is 2.64. The van der Waals surface area contributed by atoms with E-state index in [0.717, 1.165) is 59.0 Å². The van der Waals surface area contributed by atoms with Gasteiger partial charge < -0.3 is 45.2 Å². The first-order valence-electron chi connectivity index (χ1n) is 19.9. The van der Waals surface area contributed by atoms with Gasteiger partial charge in [0.15, 0.2) is 0 Å². The Hall–Kier alpha value is -4.84. The number of hydrogen-bond acceptors (Lipinski definition) is 8. The molecule has 4 aromatic rings. The van der Waals surface area contributed by atoms with Gasteiger partial charge in [-0.1, -0.05) is 79.5 Å². The summed E-state index contributed by atoms with van der Waals surface area (Å²) in [7, 11) is 0. The van der Waals surface area contributed by atoms with Crippen LogP contribution in [0.25, 0.3) is 10.9 Å². The van der Waals surface area contributed by atoms with Crippen molar-refractivity contribution < 1.29 is 34.8 Å². The van der Waals surface area contributed by atoms with E-state index in [2.05, 4.69) is 16.4 Å². The van der Waals surface area contributed by atoms with Gasteiger partial charge in [0.25, 0.3) is 0 Å². The molecule has 1 aliphatic heterocycles. The molecule has 3 aromatic carbocycles. The molecular formula is C44H54N4O7. The number of carbonyl (C=O) groups excluding carboxylic acids is 1. The first-order valence-corrected chi connectivity index (χ1v) is 19.9. The number of carbonyl (C=O) groups is 1. The summed E-state index contributed by atoms with van der Waals surface area (Å²) in [6, 6.07) is 23.7. The molecule has 1 saturated carbocycles. The monoisotopic (exact) mass is 750 g/mol. The largest absolute Gasteiger partial charge is 0.508 e. The number of benzene rings is 3. The summed E-state index contributed by atoms with van der Waals surface area (Å²) in [4.78, 5) is 25.5. The van der Waals surface area contributed by atoms with Crippen molar-refractivity contribution in [2.45, 2.75) is 89.2 Å². The van der Waals surface area contributed by atoms with E-state index in [1.807, 2.05) is 67.6 Å². The number of unbranched alkanes of at least 4 members (excludes halogenated alkanes) is 2. The van der Waals surface area contributed by atoms with Crippen LogP contribution in [0.1, 0.15) is 81.0 Å². The maximum absolute atomic E-state index is 14.4. The maximum Gasteiger partial charge on any atom is 0.318 e. The molecule has 1 aromatic heterocycles. The molecule has 1 fully saturated rings. The summed E-state index contributed by atoms with van der Waals surface area (Å²) in [5, 5.41) is 52.6. The van der Waals surface area contributed by atoms with Crippen LogP contribution in [0.15, 0.2) is 95.7 Å². The molecule has 7 rings (SSSR count). The number of aromatic hydroxyl groups is 1. The predicted molar refractivity (Wildman–Crippen MR) is 211 cm³/mol. The van der Waals surface area contributed by atoms with E-state index in [4.69, 9.17) is 14.7 Å². The van der Waals surface area contributed by atoms with Gasteiger partial charge in [0, 0.05) is 48.9 Å². The Morgan fingerprint density at radius 2 is 1.76 bits per heavy atom. The standard InChI is InChI=1S/C44H54N4O7/c1-2-20-48(43(52)45-27-32-23-31-15-6-7-17-37(31)46-32)40-26-38(47-54-28-29-12-4-3-5-13-29)35-24-30(14-8-10-21-49)34(16-9-11-22-50)41-36-25-33(51)18-19-39(36)55-44(40,53)42(35)41/h3-7,12-13,15,17-19,23-25,30,34,40-42,46,49-51,53H,2,8-11,14,16,20-22,26-28H2,1H3,(H,45,52)/t30-,34+,40-,41+,42+,44+/m0/s1. The number of hydrogen-bond donors (Lipinski definition) is 6. The second kappa shape index (κ2) is 17.3. The molecule has 0 spiro atoms. The van der Waals surface area contributed by atoms with Crippen LogP contribution in [0.2, 0.25) is 0 Å². The fourth-order valence-electron chi connectivity index (χ4n) is 9.18. The second-order valence-electron chi connectivity index (χ2n) is 15.2. The van der Waals surface area contributed by atoms with Crippen LogP contribution < -0.4 is 10.1 Å². The summed E-state index contributed by atoms with van der Waals surface area (Å²) >= 11 is 0. The number of para-hydroxylation sites is 1. The number of allylic oxidation sites excluding steroid dienone is 1. The molecular weight excluding hydrogens is 697 g/mol. The van der Waals surface area contributed by atoms with Gasteiger partial charge in [0.1, 0.15) is 24.1 Å². The number of nitrogens with one attached hydrogen (secondary N) is 2. The number of ether oxygens (including phenoxy) is 1. The van der Waals surface area contributed by atoms with Gasteiger partial charge in [-0.3, -0.25) is 0 Å². The lowest BCUT2D eigenvalue weighted by Gasteiger charge is -2.58. The molecule has 292 valence electrons. The van der Waals surface area contributed by atoms with Gasteiger partial charge >= 0.3 is 6.03 Å². The average Bonchev–Trinajstić information content (AvgIpc) is 3.62. The number of aromatic amines is 1. The van der Waals surface area contributed by atoms with Gasteiger partial charge in [-0.15, -0.1) is 0 Å². The number of phenols is 1. The van der Waals surface area contributed by atoms with Crippen molar-refractivity contribution in [3.63, 3.8) is 0 Å². The topological polar surface area (TPSA) is 160 Å². The quantitative estimate of drug-likeness (QED) is 0.0526. The van der Waals surface area contributed by atoms with Crippen molar-refractivity contribution in [3.05, 3.63) is 107 Å². The van der Waals surface area contributed by atoms with Gasteiger partial charge in [0.05, 0.1) is 18.2 Å². The highest BCUT2D eigenvalue weighted by molar-refractivity contribution is 6.03. The summed E-state index contributed by atoms with van der Waals surface area (Å²) in [5.41, 5.74) is 5.10. The molecule has 2 amide bonds. The van der Waals surface area contributed by atoms with Crippen LogP contribution in [-0.2, 0) is 18.0 Å². The Bertz CT molecular complexity index is 1950. The smallest absolute Gasteiger partial charge is 0.318 e. The van der Waals surface area contributed by atoms with Crippen LogP contribution >= 0.6 is 0 Å². The summed E-state index contributed by atoms with van der Waals surface area (Å²) < 4.78 is 6.74. The minimum Gasteiger partial charge on any atom is -0.508 e. The Kier molecular flexibility index (Phi) is 12.1. The number of H-pyrrole nitrogens is 1. The van der Waals surface area contributed by atoms with Crippen molar-refractivity contribution in [1.29, 1.82) is 0 Å². The minimum absolute atomic E-state index is 0.00988. The number of oxime groups is 1. The van der Waals surface area contributed by atoms with E-state index in [-0.39, 0.29) is 62.3 Å². The van der Waals surface area contributed by atoms with Crippen LogP contribution in [0.4, 0.5) is 4.79 Å². The predicted octanol–water partition coefficient (Wildman–Crippen LogP) is 7.12. The lowest BCUT2D eigenvalue weighted by Crippen LogP contribution is -2.69. The van der Waals surface area contributed by atoms with Gasteiger partial charge in [-0.25, -0.2) is 4.79 Å². The normalized spacial score (nSPS) is 24.8. The number of aliphatic hydroxyl groups excluding tert-OH is 2. The number of aliphatic hydroxyl groups is 3. The number of rotatable bonds is 16. The van der Waals surface area contributed by atoms with E-state index in [9.17, 15) is 25.2 Å². The molecule has 11 heteroatoms. The van der Waals surface area contributed by atoms with Crippen molar-refractivity contribution in [3.8, 4) is 11.5 Å². The molecule has 55 heavy (non-hydrogen) atoms. The van der Waals surface area contributed by atoms with Crippen molar-refractivity contribution in [2.75, 3.05) is 19.8 Å².